The monoisotopic (exact) mass is 402 g/mol. The number of fused-ring (bicyclic) bond motifs is 1. The summed E-state index contributed by atoms with van der Waals surface area (Å²) < 4.78 is 0. The Labute approximate surface area is 173 Å². The van der Waals surface area contributed by atoms with Gasteiger partial charge in [0.05, 0.1) is 4.88 Å². The molecule has 4 nitrogen and oxygen atoms in total. The average Bonchev–Trinajstić information content (AvgIpc) is 2.92. The molecular weight excluding hydrogens is 368 g/mol. The normalized spacial score (nSPS) is 22.1. The van der Waals surface area contributed by atoms with E-state index in [4.69, 9.17) is 0 Å². The molecule has 0 bridgehead atoms. The van der Waals surface area contributed by atoms with E-state index in [9.17, 15) is 9.59 Å². The molecule has 0 atom stereocenters. The molecule has 0 radical (unpaired) electrons. The second kappa shape index (κ2) is 9.43. The Bertz CT molecular complexity index is 657. The van der Waals surface area contributed by atoms with Crippen LogP contribution in [0.3, 0.4) is 0 Å². The first-order valence-corrected chi connectivity index (χ1v) is 12.2. The van der Waals surface area contributed by atoms with Crippen LogP contribution in [0.2, 0.25) is 0 Å². The Kier molecular flexibility index (Phi) is 6.71. The highest BCUT2D eigenvalue weighted by molar-refractivity contribution is 7.14. The Morgan fingerprint density at radius 1 is 0.786 bits per heavy atom. The van der Waals surface area contributed by atoms with Gasteiger partial charge in [0.15, 0.2) is 0 Å². The summed E-state index contributed by atoms with van der Waals surface area (Å²) in [6.07, 6.45) is 13.9. The lowest BCUT2D eigenvalue weighted by molar-refractivity contribution is -0.136. The van der Waals surface area contributed by atoms with Crippen LogP contribution >= 0.6 is 11.3 Å². The van der Waals surface area contributed by atoms with Crippen LogP contribution in [0.5, 0.6) is 0 Å². The number of piperidine rings is 1. The number of carbonyl (C=O) groups excluding carboxylic acids is 2. The summed E-state index contributed by atoms with van der Waals surface area (Å²) in [5, 5.41) is 0. The first kappa shape index (κ1) is 19.9. The van der Waals surface area contributed by atoms with Crippen molar-refractivity contribution < 1.29 is 9.59 Å². The fourth-order valence-corrected chi connectivity index (χ4v) is 6.21. The predicted molar refractivity (Wildman–Crippen MR) is 114 cm³/mol. The number of aryl methyl sites for hydroxylation is 2. The van der Waals surface area contributed by atoms with Gasteiger partial charge in [-0.25, -0.2) is 0 Å². The minimum absolute atomic E-state index is 0.116. The summed E-state index contributed by atoms with van der Waals surface area (Å²) in [4.78, 5) is 32.4. The number of amides is 2. The van der Waals surface area contributed by atoms with Crippen LogP contribution in [0.25, 0.3) is 0 Å². The van der Waals surface area contributed by atoms with E-state index in [1.165, 1.54) is 49.0 Å². The first-order chi connectivity index (χ1) is 13.7. The molecule has 0 saturated carbocycles. The molecule has 1 aromatic rings. The summed E-state index contributed by atoms with van der Waals surface area (Å²) >= 11 is 1.73. The molecule has 3 aliphatic rings. The second-order valence-corrected chi connectivity index (χ2v) is 9.92. The number of thiophene rings is 1. The number of hydrogen-bond donors (Lipinski definition) is 0. The zero-order valence-corrected chi connectivity index (χ0v) is 17.9. The van der Waals surface area contributed by atoms with Gasteiger partial charge in [0.1, 0.15) is 0 Å². The Balaban J connectivity index is 1.34. The van der Waals surface area contributed by atoms with Gasteiger partial charge in [0.2, 0.25) is 5.91 Å². The van der Waals surface area contributed by atoms with Gasteiger partial charge in [-0.1, -0.05) is 25.7 Å². The van der Waals surface area contributed by atoms with Crippen molar-refractivity contribution in [1.29, 1.82) is 0 Å². The standard InChI is InChI=1S/C23H34N2O2S/c26-22(24-13-7-3-4-8-14-24)18-11-15-25(16-12-18)23(27)21-17-19-9-5-1-2-6-10-20(19)28-21/h17-18H,1-16H2. The van der Waals surface area contributed by atoms with Crippen molar-refractivity contribution in [1.82, 2.24) is 9.80 Å². The predicted octanol–water partition coefficient (Wildman–Crippen LogP) is 4.66. The summed E-state index contributed by atoms with van der Waals surface area (Å²) in [7, 11) is 0. The maximum atomic E-state index is 13.1. The Hall–Kier alpha value is -1.36. The molecule has 154 valence electrons. The van der Waals surface area contributed by atoms with Crippen LogP contribution in [0.1, 0.15) is 84.3 Å². The average molecular weight is 403 g/mol. The topological polar surface area (TPSA) is 40.6 Å². The molecule has 2 amide bonds. The summed E-state index contributed by atoms with van der Waals surface area (Å²) in [5.41, 5.74) is 1.42. The quantitative estimate of drug-likeness (QED) is 0.722. The zero-order valence-electron chi connectivity index (χ0n) is 17.1. The molecule has 4 rings (SSSR count). The number of likely N-dealkylation sites (tertiary alicyclic amines) is 2. The van der Waals surface area contributed by atoms with Crippen LogP contribution in [0.15, 0.2) is 6.07 Å². The number of carbonyl (C=O) groups is 2. The van der Waals surface area contributed by atoms with Gasteiger partial charge in [-0.05, 0) is 63.0 Å². The van der Waals surface area contributed by atoms with Crippen LogP contribution in [-0.4, -0.2) is 47.8 Å². The minimum Gasteiger partial charge on any atom is -0.342 e. The van der Waals surface area contributed by atoms with E-state index in [0.717, 1.165) is 69.6 Å². The van der Waals surface area contributed by atoms with Crippen molar-refractivity contribution in [3.63, 3.8) is 0 Å². The van der Waals surface area contributed by atoms with Gasteiger partial charge in [-0.3, -0.25) is 9.59 Å². The fourth-order valence-electron chi connectivity index (χ4n) is 4.98. The molecule has 28 heavy (non-hydrogen) atoms. The van der Waals surface area contributed by atoms with E-state index in [1.807, 2.05) is 4.90 Å². The van der Waals surface area contributed by atoms with Gasteiger partial charge >= 0.3 is 0 Å². The Morgan fingerprint density at radius 2 is 1.43 bits per heavy atom. The van der Waals surface area contributed by atoms with Crippen molar-refractivity contribution in [2.75, 3.05) is 26.2 Å². The molecule has 2 aliphatic heterocycles. The highest BCUT2D eigenvalue weighted by Gasteiger charge is 2.31. The van der Waals surface area contributed by atoms with E-state index in [2.05, 4.69) is 11.0 Å². The third-order valence-corrected chi connectivity index (χ3v) is 7.98. The summed E-state index contributed by atoms with van der Waals surface area (Å²) in [6.45, 7) is 3.31. The molecule has 1 aromatic heterocycles. The Morgan fingerprint density at radius 3 is 2.14 bits per heavy atom. The minimum atomic E-state index is 0.116. The summed E-state index contributed by atoms with van der Waals surface area (Å²) in [6, 6.07) is 2.17. The molecule has 2 fully saturated rings. The van der Waals surface area contributed by atoms with Crippen LogP contribution in [-0.2, 0) is 17.6 Å². The van der Waals surface area contributed by atoms with Gasteiger partial charge in [-0.2, -0.15) is 0 Å². The van der Waals surface area contributed by atoms with Gasteiger partial charge < -0.3 is 9.80 Å². The SMILES string of the molecule is O=C(c1cc2c(s1)CCCCCC2)N1CCC(C(=O)N2CCCCCC2)CC1. The van der Waals surface area contributed by atoms with E-state index < -0.39 is 0 Å². The molecule has 0 spiro atoms. The lowest BCUT2D eigenvalue weighted by atomic mass is 9.95. The van der Waals surface area contributed by atoms with Crippen molar-refractivity contribution >= 4 is 23.2 Å². The van der Waals surface area contributed by atoms with Gasteiger partial charge in [0.25, 0.3) is 5.91 Å². The molecule has 1 aliphatic carbocycles. The molecular formula is C23H34N2O2S. The maximum Gasteiger partial charge on any atom is 0.263 e. The van der Waals surface area contributed by atoms with E-state index >= 15 is 0 Å². The van der Waals surface area contributed by atoms with E-state index in [-0.39, 0.29) is 11.8 Å². The molecule has 2 saturated heterocycles. The third-order valence-electron chi connectivity index (χ3n) is 6.76. The lowest BCUT2D eigenvalue weighted by Crippen LogP contribution is -2.44. The number of nitrogens with zero attached hydrogens (tertiary/aromatic N) is 2. The van der Waals surface area contributed by atoms with Crippen molar-refractivity contribution in [3.8, 4) is 0 Å². The van der Waals surface area contributed by atoms with E-state index in [1.54, 1.807) is 11.3 Å². The summed E-state index contributed by atoms with van der Waals surface area (Å²) in [5.74, 6) is 0.649. The largest absolute Gasteiger partial charge is 0.342 e. The smallest absolute Gasteiger partial charge is 0.263 e. The highest BCUT2D eigenvalue weighted by atomic mass is 32.1. The second-order valence-electron chi connectivity index (χ2n) is 8.78. The van der Waals surface area contributed by atoms with Crippen molar-refractivity contribution in [2.45, 2.75) is 77.0 Å². The molecule has 5 heteroatoms. The lowest BCUT2D eigenvalue weighted by Gasteiger charge is -2.33. The molecule has 3 heterocycles. The van der Waals surface area contributed by atoms with Crippen molar-refractivity contribution in [3.05, 3.63) is 21.4 Å². The fraction of sp³-hybridized carbons (Fsp3) is 0.739. The molecule has 0 aromatic carbocycles. The molecule has 0 unspecified atom stereocenters. The van der Waals surface area contributed by atoms with Crippen molar-refractivity contribution in [2.24, 2.45) is 5.92 Å². The highest BCUT2D eigenvalue weighted by Crippen LogP contribution is 2.30. The number of rotatable bonds is 2. The molecule has 0 N–H and O–H groups in total. The third kappa shape index (κ3) is 4.61. The first-order valence-electron chi connectivity index (χ1n) is 11.4. The number of hydrogen-bond acceptors (Lipinski definition) is 3. The van der Waals surface area contributed by atoms with Crippen LogP contribution in [0, 0.1) is 5.92 Å². The van der Waals surface area contributed by atoms with Gasteiger partial charge in [-0.15, -0.1) is 11.3 Å². The van der Waals surface area contributed by atoms with Gasteiger partial charge in [0, 0.05) is 37.0 Å². The maximum absolute atomic E-state index is 13.1. The van der Waals surface area contributed by atoms with E-state index in [0.29, 0.717) is 5.91 Å². The van der Waals surface area contributed by atoms with Crippen LogP contribution in [0.4, 0.5) is 0 Å². The van der Waals surface area contributed by atoms with Crippen LogP contribution < -0.4 is 0 Å². The zero-order chi connectivity index (χ0) is 19.3.